The Hall–Kier alpha value is 1.48. The molecule has 0 unspecified atom stereocenters. The smallest absolute Gasteiger partial charge is 0.0317 e. The van der Waals surface area contributed by atoms with Crippen LogP contribution in [0.1, 0.15) is 69.2 Å². The SMILES string of the molecule is CC(C)[P+]([S-])([N-]CC(C)(C)C[N-][P+]([S-])(C(C)C)C(C)C)C(C)C. The Morgan fingerprint density at radius 1 is 0.652 bits per heavy atom. The van der Waals surface area contributed by atoms with E-state index in [2.05, 4.69) is 69.2 Å². The molecule has 0 amide bonds. The predicted octanol–water partition coefficient (Wildman–Crippen LogP) is 7.18. The lowest BCUT2D eigenvalue weighted by Crippen LogP contribution is -2.25. The van der Waals surface area contributed by atoms with Crippen molar-refractivity contribution < 1.29 is 0 Å². The Kier molecular flexibility index (Phi) is 10.0. The van der Waals surface area contributed by atoms with Gasteiger partial charge in [0.05, 0.1) is 0 Å². The number of hydrogen-bond acceptors (Lipinski definition) is 2. The van der Waals surface area contributed by atoms with Crippen molar-refractivity contribution in [3.05, 3.63) is 10.2 Å². The summed E-state index contributed by atoms with van der Waals surface area (Å²) in [5.41, 5.74) is 1.94. The maximum atomic E-state index is 5.96. The van der Waals surface area contributed by atoms with Crippen LogP contribution in [0.15, 0.2) is 0 Å². The van der Waals surface area contributed by atoms with Crippen LogP contribution in [-0.2, 0) is 24.5 Å². The fraction of sp³-hybridized carbons (Fsp3) is 1.00. The van der Waals surface area contributed by atoms with Crippen LogP contribution in [0.4, 0.5) is 0 Å². The van der Waals surface area contributed by atoms with E-state index < -0.39 is 13.2 Å². The molecule has 0 rings (SSSR count). The second-order valence-corrected chi connectivity index (χ2v) is 19.4. The van der Waals surface area contributed by atoms with Gasteiger partial charge in [-0.25, -0.2) is 0 Å². The summed E-state index contributed by atoms with van der Waals surface area (Å²) in [6, 6.07) is 0. The summed E-state index contributed by atoms with van der Waals surface area (Å²) >= 11 is 11.9. The first-order chi connectivity index (χ1) is 10.2. The van der Waals surface area contributed by atoms with E-state index in [9.17, 15) is 0 Å². The van der Waals surface area contributed by atoms with Gasteiger partial charge in [-0.1, -0.05) is 19.3 Å². The van der Waals surface area contributed by atoms with E-state index in [1.165, 1.54) is 0 Å². The van der Waals surface area contributed by atoms with Gasteiger partial charge in [-0.3, -0.25) is 0 Å². The van der Waals surface area contributed by atoms with E-state index in [0.717, 1.165) is 13.1 Å². The molecule has 0 aromatic carbocycles. The van der Waals surface area contributed by atoms with Gasteiger partial charge in [0, 0.05) is 22.6 Å². The first-order valence-electron chi connectivity index (χ1n) is 8.76. The highest BCUT2D eigenvalue weighted by atomic mass is 32.7. The Bertz CT molecular complexity index is 311. The second-order valence-electron chi connectivity index (χ2n) is 8.48. The number of nitrogens with zero attached hydrogens (tertiary/aromatic N) is 2. The maximum absolute atomic E-state index is 5.96. The van der Waals surface area contributed by atoms with Crippen molar-refractivity contribution in [3.63, 3.8) is 0 Å². The average molecular weight is 397 g/mol. The van der Waals surface area contributed by atoms with Crippen LogP contribution in [0.2, 0.25) is 0 Å². The van der Waals surface area contributed by atoms with Gasteiger partial charge in [-0.05, 0) is 55.4 Å². The van der Waals surface area contributed by atoms with Gasteiger partial charge in [0.25, 0.3) is 0 Å². The molecule has 0 fully saturated rings. The van der Waals surface area contributed by atoms with Crippen LogP contribution < -0.4 is 0 Å². The largest absolute Gasteiger partial charge is 0.571 e. The van der Waals surface area contributed by atoms with Crippen molar-refractivity contribution >= 4 is 37.7 Å². The van der Waals surface area contributed by atoms with Crippen LogP contribution in [-0.4, -0.2) is 35.7 Å². The van der Waals surface area contributed by atoms with Gasteiger partial charge >= 0.3 is 0 Å². The molecule has 6 heteroatoms. The van der Waals surface area contributed by atoms with Gasteiger partial charge in [0.1, 0.15) is 0 Å². The maximum Gasteiger partial charge on any atom is 0.0317 e. The third-order valence-electron chi connectivity index (χ3n) is 4.40. The van der Waals surface area contributed by atoms with Gasteiger partial charge in [0.15, 0.2) is 0 Å². The Morgan fingerprint density at radius 2 is 0.870 bits per heavy atom. The summed E-state index contributed by atoms with van der Waals surface area (Å²) in [6.07, 6.45) is 0. The van der Waals surface area contributed by atoms with Crippen LogP contribution in [0.3, 0.4) is 0 Å². The summed E-state index contributed by atoms with van der Waals surface area (Å²) in [5, 5.41) is 10.1. The molecular formula is C17H38N2P2S2-2. The molecule has 0 heterocycles. The summed E-state index contributed by atoms with van der Waals surface area (Å²) < 4.78 is 0. The van der Waals surface area contributed by atoms with Crippen LogP contribution in [0.5, 0.6) is 0 Å². The average Bonchev–Trinajstić information content (AvgIpc) is 2.41. The third-order valence-corrected chi connectivity index (χ3v) is 17.2. The summed E-state index contributed by atoms with van der Waals surface area (Å²) in [5.74, 6) is 0. The van der Waals surface area contributed by atoms with Gasteiger partial charge < -0.3 is 34.7 Å². The molecule has 0 aromatic rings. The molecule has 140 valence electrons. The van der Waals surface area contributed by atoms with E-state index in [1.807, 2.05) is 0 Å². The van der Waals surface area contributed by atoms with E-state index in [0.29, 0.717) is 22.6 Å². The molecule has 0 N–H and O–H groups in total. The Morgan fingerprint density at radius 3 is 1.04 bits per heavy atom. The molecular weight excluding hydrogens is 358 g/mol. The summed E-state index contributed by atoms with van der Waals surface area (Å²) in [4.78, 5) is 0. The van der Waals surface area contributed by atoms with Gasteiger partial charge in [-0.15, -0.1) is 13.1 Å². The minimum absolute atomic E-state index is 0.0433. The van der Waals surface area contributed by atoms with E-state index >= 15 is 0 Å². The lowest BCUT2D eigenvalue weighted by atomic mass is 9.94. The van der Waals surface area contributed by atoms with Crippen LogP contribution >= 0.6 is 13.2 Å². The fourth-order valence-corrected chi connectivity index (χ4v) is 7.75. The van der Waals surface area contributed by atoms with Crippen molar-refractivity contribution in [2.75, 3.05) is 13.1 Å². The van der Waals surface area contributed by atoms with Gasteiger partial charge in [-0.2, -0.15) is 13.2 Å². The Labute approximate surface area is 158 Å². The van der Waals surface area contributed by atoms with Crippen molar-refractivity contribution in [1.29, 1.82) is 0 Å². The first-order valence-corrected chi connectivity index (χ1v) is 14.5. The topological polar surface area (TPSA) is 28.2 Å². The van der Waals surface area contributed by atoms with Gasteiger partial charge in [0.2, 0.25) is 0 Å². The second kappa shape index (κ2) is 9.43. The molecule has 0 aromatic heterocycles. The minimum atomic E-state index is -1.66. The summed E-state index contributed by atoms with van der Waals surface area (Å²) in [6.45, 7) is 20.5. The molecule has 23 heavy (non-hydrogen) atoms. The van der Waals surface area contributed by atoms with E-state index in [-0.39, 0.29) is 5.41 Å². The monoisotopic (exact) mass is 396 g/mol. The highest BCUT2D eigenvalue weighted by molar-refractivity contribution is 8.44. The zero-order valence-corrected chi connectivity index (χ0v) is 20.3. The molecule has 2 nitrogen and oxygen atoms in total. The third kappa shape index (κ3) is 6.95. The zero-order chi connectivity index (χ0) is 18.6. The standard InChI is InChI=1S/C17H38N2P2S2/c1-13(2)20(22,14(3)4)18-11-17(9,10)12-19-21(23,15(5)6)16(7)8/h13-16H,11-12H2,1-10H3/q-2. The van der Waals surface area contributed by atoms with E-state index in [4.69, 9.17) is 34.7 Å². The molecule has 0 aliphatic rings. The highest BCUT2D eigenvalue weighted by Crippen LogP contribution is 2.72. The summed E-state index contributed by atoms with van der Waals surface area (Å²) in [7, 11) is 0. The van der Waals surface area contributed by atoms with Crippen LogP contribution in [0.25, 0.3) is 10.2 Å². The molecule has 0 bridgehead atoms. The number of rotatable bonds is 10. The molecule has 0 aliphatic heterocycles. The highest BCUT2D eigenvalue weighted by Gasteiger charge is 2.26. The van der Waals surface area contributed by atoms with Crippen molar-refractivity contribution in [2.24, 2.45) is 5.41 Å². The lowest BCUT2D eigenvalue weighted by molar-refractivity contribution is 0.439. The quantitative estimate of drug-likeness (QED) is 0.289. The lowest BCUT2D eigenvalue weighted by Gasteiger charge is -2.57. The predicted molar refractivity (Wildman–Crippen MR) is 119 cm³/mol. The number of hydrogen-bond donors (Lipinski definition) is 0. The molecule has 0 spiro atoms. The normalized spacial score (nSPS) is 14.6. The molecule has 0 saturated heterocycles. The minimum Gasteiger partial charge on any atom is -0.571 e. The zero-order valence-electron chi connectivity index (χ0n) is 16.8. The van der Waals surface area contributed by atoms with E-state index in [1.54, 1.807) is 0 Å². The molecule has 0 saturated carbocycles. The van der Waals surface area contributed by atoms with Crippen LogP contribution in [0, 0.1) is 5.41 Å². The molecule has 0 aliphatic carbocycles. The molecule has 0 atom stereocenters. The van der Waals surface area contributed by atoms with Crippen molar-refractivity contribution in [3.8, 4) is 0 Å². The fourth-order valence-electron chi connectivity index (χ4n) is 2.50. The van der Waals surface area contributed by atoms with Crippen molar-refractivity contribution in [1.82, 2.24) is 0 Å². The first kappa shape index (κ1) is 24.5. The van der Waals surface area contributed by atoms with Crippen molar-refractivity contribution in [2.45, 2.75) is 91.9 Å². The Balaban J connectivity index is 4.84. The molecule has 0 radical (unpaired) electrons.